The molecule has 22 heavy (non-hydrogen) atoms. The first-order valence-electron chi connectivity index (χ1n) is 5.95. The quantitative estimate of drug-likeness (QED) is 0.881. The average molecular weight is 329 g/mol. The lowest BCUT2D eigenvalue weighted by Gasteiger charge is -2.09. The zero-order valence-corrected chi connectivity index (χ0v) is 12.0. The van der Waals surface area contributed by atoms with E-state index < -0.39 is 44.4 Å². The van der Waals surface area contributed by atoms with E-state index in [0.29, 0.717) is 0 Å². The molecule has 1 amide bonds. The summed E-state index contributed by atoms with van der Waals surface area (Å²) in [6.45, 7) is 0. The number of rotatable bonds is 3. The fourth-order valence-electron chi connectivity index (χ4n) is 1.73. The number of halogens is 3. The van der Waals surface area contributed by atoms with Crippen LogP contribution in [0.4, 0.5) is 18.9 Å². The van der Waals surface area contributed by atoms with Crippen LogP contribution in [0.5, 0.6) is 0 Å². The lowest BCUT2D eigenvalue weighted by molar-refractivity contribution is 0.101. The van der Waals surface area contributed by atoms with Crippen LogP contribution in [-0.4, -0.2) is 20.6 Å². The van der Waals surface area contributed by atoms with Gasteiger partial charge in [-0.15, -0.1) is 0 Å². The molecule has 0 saturated carbocycles. The van der Waals surface area contributed by atoms with Gasteiger partial charge in [0.25, 0.3) is 5.91 Å². The largest absolute Gasteiger partial charge is 0.319 e. The maximum absolute atomic E-state index is 13.6. The number of hydrogen-bond donors (Lipinski definition) is 1. The van der Waals surface area contributed by atoms with Crippen molar-refractivity contribution >= 4 is 21.4 Å². The monoisotopic (exact) mass is 329 g/mol. The van der Waals surface area contributed by atoms with E-state index in [1.165, 1.54) is 0 Å². The van der Waals surface area contributed by atoms with Crippen LogP contribution in [0.3, 0.4) is 0 Å². The van der Waals surface area contributed by atoms with Gasteiger partial charge >= 0.3 is 0 Å². The van der Waals surface area contributed by atoms with Gasteiger partial charge in [-0.05, 0) is 30.3 Å². The van der Waals surface area contributed by atoms with Gasteiger partial charge < -0.3 is 5.32 Å². The number of carbonyl (C=O) groups excluding carboxylic acids is 1. The fourth-order valence-corrected chi connectivity index (χ4v) is 2.38. The normalized spacial score (nSPS) is 11.3. The Balaban J connectivity index is 2.41. The maximum atomic E-state index is 13.6. The van der Waals surface area contributed by atoms with E-state index in [9.17, 15) is 26.4 Å². The molecule has 0 saturated heterocycles. The third-order valence-electron chi connectivity index (χ3n) is 2.80. The van der Waals surface area contributed by atoms with Crippen molar-refractivity contribution in [2.24, 2.45) is 0 Å². The Hall–Kier alpha value is -2.35. The van der Waals surface area contributed by atoms with Crippen molar-refractivity contribution in [2.45, 2.75) is 4.90 Å². The molecule has 2 aromatic rings. The molecule has 2 aromatic carbocycles. The molecule has 2 rings (SSSR count). The van der Waals surface area contributed by atoms with E-state index >= 15 is 0 Å². The molecule has 0 aliphatic rings. The topological polar surface area (TPSA) is 63.2 Å². The summed E-state index contributed by atoms with van der Waals surface area (Å²) in [4.78, 5) is 11.6. The third-order valence-corrected chi connectivity index (χ3v) is 3.91. The fraction of sp³-hybridized carbons (Fsp3) is 0.0714. The summed E-state index contributed by atoms with van der Waals surface area (Å²) in [6.07, 6.45) is 0.905. The van der Waals surface area contributed by atoms with Gasteiger partial charge in [0.15, 0.2) is 9.84 Å². The Morgan fingerprint density at radius 2 is 1.59 bits per heavy atom. The third kappa shape index (κ3) is 3.28. The Morgan fingerprint density at radius 3 is 2.14 bits per heavy atom. The Labute approximate surface area is 124 Å². The average Bonchev–Trinajstić information content (AvgIpc) is 2.39. The van der Waals surface area contributed by atoms with Gasteiger partial charge in [0.2, 0.25) is 0 Å². The summed E-state index contributed by atoms with van der Waals surface area (Å²) in [7, 11) is -3.62. The molecule has 0 fully saturated rings. The molecule has 0 heterocycles. The standard InChI is InChI=1S/C14H10F3NO3S/c1-22(20,21)8-5-6-9(15)12(7-8)18-14(19)13-10(16)3-2-4-11(13)17/h2-7H,1H3,(H,18,19). The summed E-state index contributed by atoms with van der Waals surface area (Å²) in [5.74, 6) is -4.38. The SMILES string of the molecule is CS(=O)(=O)c1ccc(F)c(NC(=O)c2c(F)cccc2F)c1. The first-order chi connectivity index (χ1) is 10.2. The lowest BCUT2D eigenvalue weighted by atomic mass is 10.1. The maximum Gasteiger partial charge on any atom is 0.261 e. The molecule has 1 N–H and O–H groups in total. The Morgan fingerprint density at radius 1 is 1.00 bits per heavy atom. The lowest BCUT2D eigenvalue weighted by Crippen LogP contribution is -2.17. The Bertz CT molecular complexity index is 830. The number of nitrogens with one attached hydrogen (secondary N) is 1. The molecule has 116 valence electrons. The minimum atomic E-state index is -3.62. The molecule has 0 unspecified atom stereocenters. The molecular weight excluding hydrogens is 319 g/mol. The van der Waals surface area contributed by atoms with Gasteiger partial charge in [0.05, 0.1) is 10.6 Å². The second-order valence-corrected chi connectivity index (χ2v) is 6.48. The van der Waals surface area contributed by atoms with Crippen LogP contribution in [0.2, 0.25) is 0 Å². The van der Waals surface area contributed by atoms with Crippen LogP contribution in [0.15, 0.2) is 41.3 Å². The van der Waals surface area contributed by atoms with Crippen LogP contribution < -0.4 is 5.32 Å². The molecule has 0 atom stereocenters. The molecule has 0 bridgehead atoms. The smallest absolute Gasteiger partial charge is 0.261 e. The highest BCUT2D eigenvalue weighted by Gasteiger charge is 2.19. The van der Waals surface area contributed by atoms with Gasteiger partial charge in [-0.25, -0.2) is 21.6 Å². The van der Waals surface area contributed by atoms with Crippen molar-refractivity contribution in [3.63, 3.8) is 0 Å². The summed E-state index contributed by atoms with van der Waals surface area (Å²) >= 11 is 0. The van der Waals surface area contributed by atoms with E-state index in [2.05, 4.69) is 0 Å². The van der Waals surface area contributed by atoms with Crippen LogP contribution >= 0.6 is 0 Å². The van der Waals surface area contributed by atoms with E-state index in [1.807, 2.05) is 5.32 Å². The number of hydrogen-bond acceptors (Lipinski definition) is 3. The van der Waals surface area contributed by atoms with Crippen LogP contribution in [-0.2, 0) is 9.84 Å². The number of anilines is 1. The van der Waals surface area contributed by atoms with Gasteiger partial charge in [-0.2, -0.15) is 0 Å². The van der Waals surface area contributed by atoms with Crippen molar-refractivity contribution in [3.8, 4) is 0 Å². The van der Waals surface area contributed by atoms with E-state index in [-0.39, 0.29) is 4.90 Å². The first-order valence-corrected chi connectivity index (χ1v) is 7.84. The number of carbonyl (C=O) groups is 1. The predicted molar refractivity (Wildman–Crippen MR) is 73.8 cm³/mol. The summed E-state index contributed by atoms with van der Waals surface area (Å²) in [5.41, 5.74) is -1.37. The first kappa shape index (κ1) is 16.0. The molecule has 0 aromatic heterocycles. The highest BCUT2D eigenvalue weighted by molar-refractivity contribution is 7.90. The number of amides is 1. The van der Waals surface area contributed by atoms with Crippen molar-refractivity contribution in [1.82, 2.24) is 0 Å². The van der Waals surface area contributed by atoms with Crippen LogP contribution in [0, 0.1) is 17.5 Å². The second-order valence-electron chi connectivity index (χ2n) is 4.46. The molecule has 0 radical (unpaired) electrons. The molecule has 0 spiro atoms. The summed E-state index contributed by atoms with van der Waals surface area (Å²) in [5, 5.41) is 1.96. The molecule has 0 aliphatic heterocycles. The molecular formula is C14H10F3NO3S. The summed E-state index contributed by atoms with van der Waals surface area (Å²) < 4.78 is 63.4. The predicted octanol–water partition coefficient (Wildman–Crippen LogP) is 2.76. The van der Waals surface area contributed by atoms with E-state index in [4.69, 9.17) is 0 Å². The van der Waals surface area contributed by atoms with Crippen molar-refractivity contribution in [1.29, 1.82) is 0 Å². The van der Waals surface area contributed by atoms with Crippen molar-refractivity contribution < 1.29 is 26.4 Å². The summed E-state index contributed by atoms with van der Waals surface area (Å²) in [6, 6.07) is 5.56. The Kier molecular flexibility index (Phi) is 4.23. The van der Waals surface area contributed by atoms with Crippen molar-refractivity contribution in [2.75, 3.05) is 11.6 Å². The molecule has 0 aliphatic carbocycles. The van der Waals surface area contributed by atoms with Crippen LogP contribution in [0.1, 0.15) is 10.4 Å². The van der Waals surface area contributed by atoms with E-state index in [1.54, 1.807) is 0 Å². The van der Waals surface area contributed by atoms with Gasteiger partial charge in [0.1, 0.15) is 23.0 Å². The van der Waals surface area contributed by atoms with E-state index in [0.717, 1.165) is 42.7 Å². The minimum absolute atomic E-state index is 0.238. The number of sulfone groups is 1. The zero-order chi connectivity index (χ0) is 16.5. The minimum Gasteiger partial charge on any atom is -0.319 e. The molecule has 8 heteroatoms. The van der Waals surface area contributed by atoms with Gasteiger partial charge in [0, 0.05) is 6.26 Å². The molecule has 4 nitrogen and oxygen atoms in total. The van der Waals surface area contributed by atoms with Crippen LogP contribution in [0.25, 0.3) is 0 Å². The second kappa shape index (κ2) is 5.80. The van der Waals surface area contributed by atoms with Crippen molar-refractivity contribution in [3.05, 3.63) is 59.4 Å². The highest BCUT2D eigenvalue weighted by Crippen LogP contribution is 2.21. The number of benzene rings is 2. The van der Waals surface area contributed by atoms with Gasteiger partial charge in [-0.1, -0.05) is 6.07 Å². The highest BCUT2D eigenvalue weighted by atomic mass is 32.2. The zero-order valence-electron chi connectivity index (χ0n) is 11.2. The van der Waals surface area contributed by atoms with Gasteiger partial charge in [-0.3, -0.25) is 4.79 Å².